The maximum Gasteiger partial charge on any atom is 0.177 e. The molecule has 0 saturated carbocycles. The maximum atomic E-state index is 11.6. The van der Waals surface area contributed by atoms with Gasteiger partial charge < -0.3 is 11.1 Å². The molecule has 1 aromatic rings. The molecular weight excluding hydrogens is 236 g/mol. The van der Waals surface area contributed by atoms with Gasteiger partial charge in [-0.2, -0.15) is 0 Å². The first kappa shape index (κ1) is 14.0. The minimum Gasteiger partial charge on any atom is -0.379 e. The number of anilines is 1. The Labute approximate surface area is 103 Å². The summed E-state index contributed by atoms with van der Waals surface area (Å²) in [6, 6.07) is 6.91. The zero-order valence-electron chi connectivity index (χ0n) is 10.5. The van der Waals surface area contributed by atoms with E-state index >= 15 is 0 Å². The fraction of sp³-hybridized carbons (Fsp3) is 0.500. The van der Waals surface area contributed by atoms with Crippen LogP contribution in [0.25, 0.3) is 0 Å². The van der Waals surface area contributed by atoms with Crippen molar-refractivity contribution in [1.29, 1.82) is 0 Å². The van der Waals surface area contributed by atoms with E-state index in [1.165, 1.54) is 6.26 Å². The van der Waals surface area contributed by atoms with E-state index in [4.69, 9.17) is 5.73 Å². The van der Waals surface area contributed by atoms with E-state index in [0.29, 0.717) is 17.1 Å². The average Bonchev–Trinajstić information content (AvgIpc) is 2.15. The minimum atomic E-state index is -3.21. The number of rotatable bonds is 5. The van der Waals surface area contributed by atoms with Crippen molar-refractivity contribution in [3.63, 3.8) is 0 Å². The minimum absolute atomic E-state index is 0.227. The van der Waals surface area contributed by atoms with E-state index in [1.54, 1.807) is 18.2 Å². The molecule has 0 spiro atoms. The van der Waals surface area contributed by atoms with Crippen LogP contribution in [-0.2, 0) is 9.84 Å². The Morgan fingerprint density at radius 1 is 1.29 bits per heavy atom. The Morgan fingerprint density at radius 2 is 1.88 bits per heavy atom. The molecule has 96 valence electrons. The summed E-state index contributed by atoms with van der Waals surface area (Å²) in [5.41, 5.74) is 5.94. The van der Waals surface area contributed by atoms with E-state index < -0.39 is 9.84 Å². The molecule has 0 atom stereocenters. The van der Waals surface area contributed by atoms with Crippen molar-refractivity contribution in [2.75, 3.05) is 18.1 Å². The van der Waals surface area contributed by atoms with E-state index in [9.17, 15) is 8.42 Å². The smallest absolute Gasteiger partial charge is 0.177 e. The number of benzene rings is 1. The number of hydrogen-bond donors (Lipinski definition) is 2. The van der Waals surface area contributed by atoms with Gasteiger partial charge in [-0.05, 0) is 38.9 Å². The molecule has 0 aromatic heterocycles. The molecule has 0 aliphatic carbocycles. The van der Waals surface area contributed by atoms with E-state index in [-0.39, 0.29) is 5.54 Å². The molecule has 1 aromatic carbocycles. The first-order valence-electron chi connectivity index (χ1n) is 5.53. The van der Waals surface area contributed by atoms with Crippen molar-refractivity contribution in [2.45, 2.75) is 30.7 Å². The van der Waals surface area contributed by atoms with Crippen LogP contribution in [0.4, 0.5) is 5.69 Å². The number of nitrogens with one attached hydrogen (secondary N) is 1. The molecule has 0 unspecified atom stereocenters. The van der Waals surface area contributed by atoms with Crippen LogP contribution in [0.5, 0.6) is 0 Å². The highest BCUT2D eigenvalue weighted by molar-refractivity contribution is 7.90. The van der Waals surface area contributed by atoms with Gasteiger partial charge in [0.2, 0.25) is 0 Å². The Morgan fingerprint density at radius 3 is 2.41 bits per heavy atom. The number of sulfone groups is 1. The summed E-state index contributed by atoms with van der Waals surface area (Å²) >= 11 is 0. The Kier molecular flexibility index (Phi) is 4.16. The van der Waals surface area contributed by atoms with Gasteiger partial charge in [0.1, 0.15) is 0 Å². The molecule has 0 bridgehead atoms. The normalized spacial score (nSPS) is 12.5. The molecule has 3 N–H and O–H groups in total. The van der Waals surface area contributed by atoms with Crippen LogP contribution in [0.3, 0.4) is 0 Å². The Balaban J connectivity index is 3.08. The van der Waals surface area contributed by atoms with Crippen molar-refractivity contribution >= 4 is 15.5 Å². The van der Waals surface area contributed by atoms with Gasteiger partial charge in [-0.3, -0.25) is 0 Å². The van der Waals surface area contributed by atoms with Gasteiger partial charge in [0.05, 0.1) is 10.6 Å². The molecule has 0 saturated heterocycles. The van der Waals surface area contributed by atoms with Crippen LogP contribution in [-0.4, -0.2) is 26.8 Å². The monoisotopic (exact) mass is 256 g/mol. The van der Waals surface area contributed by atoms with Crippen LogP contribution in [0.1, 0.15) is 20.3 Å². The highest BCUT2D eigenvalue weighted by atomic mass is 32.2. The Bertz CT molecular complexity index is 481. The van der Waals surface area contributed by atoms with Gasteiger partial charge in [0.15, 0.2) is 9.84 Å². The lowest BCUT2D eigenvalue weighted by Crippen LogP contribution is -2.33. The second-order valence-electron chi connectivity index (χ2n) is 4.82. The number of nitrogens with two attached hydrogens (primary N) is 1. The maximum absolute atomic E-state index is 11.6. The number of para-hydroxylation sites is 1. The van der Waals surface area contributed by atoms with Gasteiger partial charge in [0, 0.05) is 11.8 Å². The average molecular weight is 256 g/mol. The second kappa shape index (κ2) is 5.06. The predicted molar refractivity (Wildman–Crippen MR) is 70.9 cm³/mol. The summed E-state index contributed by atoms with van der Waals surface area (Å²) < 4.78 is 23.3. The molecule has 5 heteroatoms. The van der Waals surface area contributed by atoms with Crippen molar-refractivity contribution in [1.82, 2.24) is 0 Å². The molecular formula is C12H20N2O2S. The first-order valence-corrected chi connectivity index (χ1v) is 7.43. The second-order valence-corrected chi connectivity index (χ2v) is 6.80. The summed E-state index contributed by atoms with van der Waals surface area (Å²) in [6.45, 7) is 4.55. The van der Waals surface area contributed by atoms with E-state index in [2.05, 4.69) is 5.32 Å². The molecule has 0 heterocycles. The van der Waals surface area contributed by atoms with Gasteiger partial charge >= 0.3 is 0 Å². The zero-order valence-corrected chi connectivity index (χ0v) is 11.3. The molecule has 17 heavy (non-hydrogen) atoms. The van der Waals surface area contributed by atoms with Gasteiger partial charge in [-0.1, -0.05) is 12.1 Å². The van der Waals surface area contributed by atoms with Crippen LogP contribution in [0.15, 0.2) is 29.2 Å². The molecule has 0 amide bonds. The van der Waals surface area contributed by atoms with Crippen molar-refractivity contribution in [2.24, 2.45) is 5.73 Å². The number of hydrogen-bond acceptors (Lipinski definition) is 4. The summed E-state index contributed by atoms with van der Waals surface area (Å²) in [5.74, 6) is 0. The molecule has 0 aliphatic rings. The molecule has 1 rings (SSSR count). The molecule has 0 fully saturated rings. The zero-order chi connectivity index (χ0) is 13.1. The third-order valence-corrected chi connectivity index (χ3v) is 3.68. The quantitative estimate of drug-likeness (QED) is 0.840. The van der Waals surface area contributed by atoms with Crippen LogP contribution in [0, 0.1) is 0 Å². The summed E-state index contributed by atoms with van der Waals surface area (Å²) in [4.78, 5) is 0.324. The van der Waals surface area contributed by atoms with Crippen LogP contribution in [0.2, 0.25) is 0 Å². The fourth-order valence-corrected chi connectivity index (χ4v) is 2.53. The summed E-state index contributed by atoms with van der Waals surface area (Å²) in [5, 5.41) is 3.24. The first-order chi connectivity index (χ1) is 7.76. The third-order valence-electron chi connectivity index (χ3n) is 2.53. The van der Waals surface area contributed by atoms with Crippen LogP contribution >= 0.6 is 0 Å². The lowest BCUT2D eigenvalue weighted by atomic mass is 10.0. The topological polar surface area (TPSA) is 72.2 Å². The van der Waals surface area contributed by atoms with Crippen molar-refractivity contribution < 1.29 is 8.42 Å². The molecule has 0 radical (unpaired) electrons. The fourth-order valence-electron chi connectivity index (χ4n) is 1.68. The van der Waals surface area contributed by atoms with Gasteiger partial charge in [0.25, 0.3) is 0 Å². The van der Waals surface area contributed by atoms with E-state index in [0.717, 1.165) is 6.42 Å². The SMILES string of the molecule is CC(C)(CCN)Nc1ccccc1S(C)(=O)=O. The highest BCUT2D eigenvalue weighted by Gasteiger charge is 2.20. The third kappa shape index (κ3) is 4.02. The lowest BCUT2D eigenvalue weighted by Gasteiger charge is -2.28. The van der Waals surface area contributed by atoms with Gasteiger partial charge in [-0.25, -0.2) is 8.42 Å². The Hall–Kier alpha value is -1.07. The van der Waals surface area contributed by atoms with Crippen molar-refractivity contribution in [3.05, 3.63) is 24.3 Å². The van der Waals surface area contributed by atoms with E-state index in [1.807, 2.05) is 19.9 Å². The van der Waals surface area contributed by atoms with Crippen molar-refractivity contribution in [3.8, 4) is 0 Å². The highest BCUT2D eigenvalue weighted by Crippen LogP contribution is 2.25. The lowest BCUT2D eigenvalue weighted by molar-refractivity contribution is 0.525. The predicted octanol–water partition coefficient (Wildman–Crippen LogP) is 1.63. The molecule has 4 nitrogen and oxygen atoms in total. The van der Waals surface area contributed by atoms with Gasteiger partial charge in [-0.15, -0.1) is 0 Å². The standard InChI is InChI=1S/C12H20N2O2S/c1-12(2,8-9-13)14-10-6-4-5-7-11(10)17(3,15)16/h4-7,14H,8-9,13H2,1-3H3. The summed E-state index contributed by atoms with van der Waals surface area (Å²) in [7, 11) is -3.21. The van der Waals surface area contributed by atoms with Crippen LogP contribution < -0.4 is 11.1 Å². The summed E-state index contributed by atoms with van der Waals surface area (Å²) in [6.07, 6.45) is 1.98. The molecule has 0 aliphatic heterocycles. The largest absolute Gasteiger partial charge is 0.379 e.